The van der Waals surface area contributed by atoms with Crippen LogP contribution in [-0.4, -0.2) is 30.2 Å². The van der Waals surface area contributed by atoms with E-state index in [4.69, 9.17) is 15.9 Å². The van der Waals surface area contributed by atoms with Crippen LogP contribution in [0, 0.1) is 29.6 Å². The van der Waals surface area contributed by atoms with Gasteiger partial charge in [0.05, 0.1) is 13.7 Å². The van der Waals surface area contributed by atoms with Crippen LogP contribution in [0.3, 0.4) is 0 Å². The number of allylic oxidation sites excluding steroid dienone is 3. The average molecular weight is 419 g/mol. The first-order chi connectivity index (χ1) is 14.9. The second kappa shape index (κ2) is 7.36. The first-order valence-electron chi connectivity index (χ1n) is 11.3. The summed E-state index contributed by atoms with van der Waals surface area (Å²) >= 11 is 0. The molecule has 5 rings (SSSR count). The Morgan fingerprint density at radius 2 is 1.97 bits per heavy atom. The minimum absolute atomic E-state index is 0.202. The Bertz CT molecular complexity index is 1010. The minimum atomic E-state index is -1.15. The highest BCUT2D eigenvalue weighted by Gasteiger charge is 2.61. The summed E-state index contributed by atoms with van der Waals surface area (Å²) in [5.41, 5.74) is 3.23. The third kappa shape index (κ3) is 3.02. The molecule has 5 atom stereocenters. The van der Waals surface area contributed by atoms with Crippen molar-refractivity contribution < 1.29 is 19.4 Å². The number of ether oxygens (including phenoxy) is 2. The van der Waals surface area contributed by atoms with Crippen LogP contribution < -0.4 is 4.74 Å². The molecule has 0 aromatic heterocycles. The van der Waals surface area contributed by atoms with Crippen LogP contribution in [0.25, 0.3) is 0 Å². The summed E-state index contributed by atoms with van der Waals surface area (Å²) in [7, 11) is 1.66. The summed E-state index contributed by atoms with van der Waals surface area (Å²) in [6.07, 6.45) is 12.2. The molecule has 3 unspecified atom stereocenters. The quantitative estimate of drug-likeness (QED) is 0.717. The lowest BCUT2D eigenvalue weighted by Gasteiger charge is -2.42. The van der Waals surface area contributed by atoms with Crippen molar-refractivity contribution in [2.24, 2.45) is 17.3 Å². The molecule has 3 aliphatic carbocycles. The molecule has 1 aromatic rings. The number of hydrogen-bond donors (Lipinski definition) is 1. The maximum atomic E-state index is 12.1. The molecule has 4 nitrogen and oxygen atoms in total. The van der Waals surface area contributed by atoms with Gasteiger partial charge in [0, 0.05) is 11.8 Å². The Kier molecular flexibility index (Phi) is 4.88. The largest absolute Gasteiger partial charge is 0.497 e. The molecule has 1 saturated carbocycles. The lowest BCUT2D eigenvalue weighted by Crippen LogP contribution is -2.48. The number of fused-ring (bicyclic) bond motifs is 4. The highest BCUT2D eigenvalue weighted by Crippen LogP contribution is 2.61. The molecule has 1 aromatic carbocycles. The summed E-state index contributed by atoms with van der Waals surface area (Å²) in [5, 5.41) is 11.4. The van der Waals surface area contributed by atoms with Crippen LogP contribution in [0.5, 0.6) is 5.75 Å². The van der Waals surface area contributed by atoms with Crippen molar-refractivity contribution >= 4 is 5.78 Å². The van der Waals surface area contributed by atoms with Crippen molar-refractivity contribution in [3.63, 3.8) is 0 Å². The van der Waals surface area contributed by atoms with Gasteiger partial charge in [0.1, 0.15) is 17.5 Å². The van der Waals surface area contributed by atoms with Gasteiger partial charge >= 0.3 is 0 Å². The van der Waals surface area contributed by atoms with Gasteiger partial charge in [-0.15, -0.1) is 6.42 Å². The third-order valence-electron chi connectivity index (χ3n) is 8.37. The van der Waals surface area contributed by atoms with E-state index in [1.165, 1.54) is 16.7 Å². The van der Waals surface area contributed by atoms with Crippen molar-refractivity contribution in [3.8, 4) is 18.1 Å². The molecular formula is C27H30O4. The number of ketones is 1. The second-order valence-electron chi connectivity index (χ2n) is 9.75. The van der Waals surface area contributed by atoms with Gasteiger partial charge in [-0.2, -0.15) is 0 Å². The van der Waals surface area contributed by atoms with E-state index >= 15 is 0 Å². The Morgan fingerprint density at radius 3 is 2.68 bits per heavy atom. The van der Waals surface area contributed by atoms with Crippen molar-refractivity contribution in [1.29, 1.82) is 0 Å². The number of benzene rings is 1. The lowest BCUT2D eigenvalue weighted by molar-refractivity contribution is -0.114. The molecule has 2 fully saturated rings. The summed E-state index contributed by atoms with van der Waals surface area (Å²) in [6, 6.07) is 8.07. The smallest absolute Gasteiger partial charge is 0.156 e. The zero-order valence-electron chi connectivity index (χ0n) is 18.3. The number of terminal acetylenes is 1. The van der Waals surface area contributed by atoms with Crippen molar-refractivity contribution in [3.05, 3.63) is 52.6 Å². The van der Waals surface area contributed by atoms with Gasteiger partial charge < -0.3 is 14.6 Å². The molecule has 1 saturated heterocycles. The van der Waals surface area contributed by atoms with E-state index in [0.717, 1.165) is 37.0 Å². The number of aliphatic hydroxyl groups is 1. The Balaban J connectivity index is 1.67. The molecule has 4 heteroatoms. The Morgan fingerprint density at radius 1 is 1.19 bits per heavy atom. The number of carbonyl (C=O) groups excluding carboxylic acids is 1. The summed E-state index contributed by atoms with van der Waals surface area (Å²) in [6.45, 7) is 2.53. The van der Waals surface area contributed by atoms with Crippen molar-refractivity contribution in [1.82, 2.24) is 0 Å². The number of hydrogen-bond acceptors (Lipinski definition) is 4. The van der Waals surface area contributed by atoms with Gasteiger partial charge in [-0.3, -0.25) is 4.79 Å². The Hall–Kier alpha value is -2.35. The molecule has 0 amide bonds. The standard InChI is InChI=1S/C27H30O4/c1-4-27(29)14-13-23-22-11-7-18-15-19(28)8-12-21(18)24(22)25(31-16-26(23,27)2)17-5-9-20(30-3)10-6-17/h1,5-6,9-10,15,22-23,25,29H,7-8,11-14,16H2,2-3H3/t22?,23?,25?,26-,27-/m0/s1. The van der Waals surface area contributed by atoms with Crippen LogP contribution in [-0.2, 0) is 9.53 Å². The first kappa shape index (κ1) is 20.5. The van der Waals surface area contributed by atoms with Crippen molar-refractivity contribution in [2.75, 3.05) is 13.7 Å². The number of rotatable bonds is 2. The molecule has 0 bridgehead atoms. The van der Waals surface area contributed by atoms with E-state index < -0.39 is 11.0 Å². The molecule has 1 N–H and O–H groups in total. The SMILES string of the molecule is C#C[C@]1(O)CCC2C3CCC4=CC(=O)CCC4=C3C(c3ccc(OC)cc3)OC[C@@]21C. The van der Waals surface area contributed by atoms with Gasteiger partial charge in [0.25, 0.3) is 0 Å². The molecule has 4 aliphatic rings. The van der Waals surface area contributed by atoms with Crippen LogP contribution in [0.1, 0.15) is 57.1 Å². The molecule has 1 heterocycles. The first-order valence-corrected chi connectivity index (χ1v) is 11.3. The molecule has 0 spiro atoms. The summed E-state index contributed by atoms with van der Waals surface area (Å²) in [5.74, 6) is 4.31. The molecule has 162 valence electrons. The molecule has 0 radical (unpaired) electrons. The van der Waals surface area contributed by atoms with Crippen LogP contribution >= 0.6 is 0 Å². The van der Waals surface area contributed by atoms with Crippen LogP contribution in [0.4, 0.5) is 0 Å². The van der Waals surface area contributed by atoms with Gasteiger partial charge in [-0.05, 0) is 84.4 Å². The predicted octanol–water partition coefficient (Wildman–Crippen LogP) is 4.54. The zero-order valence-corrected chi connectivity index (χ0v) is 18.3. The van der Waals surface area contributed by atoms with Crippen LogP contribution in [0.2, 0.25) is 0 Å². The highest BCUT2D eigenvalue weighted by atomic mass is 16.5. The maximum absolute atomic E-state index is 12.1. The monoisotopic (exact) mass is 418 g/mol. The second-order valence-corrected chi connectivity index (χ2v) is 9.75. The highest BCUT2D eigenvalue weighted by molar-refractivity contribution is 5.93. The van der Waals surface area contributed by atoms with E-state index in [1.54, 1.807) is 7.11 Å². The van der Waals surface area contributed by atoms with Gasteiger partial charge in [-0.25, -0.2) is 0 Å². The van der Waals surface area contributed by atoms with E-state index in [0.29, 0.717) is 25.4 Å². The predicted molar refractivity (Wildman–Crippen MR) is 118 cm³/mol. The van der Waals surface area contributed by atoms with E-state index in [9.17, 15) is 9.90 Å². The zero-order chi connectivity index (χ0) is 21.8. The normalized spacial score (nSPS) is 37.2. The minimum Gasteiger partial charge on any atom is -0.497 e. The van der Waals surface area contributed by atoms with E-state index in [2.05, 4.69) is 25.0 Å². The number of methoxy groups -OCH3 is 1. The molecular weight excluding hydrogens is 388 g/mol. The van der Waals surface area contributed by atoms with Gasteiger partial charge in [0.15, 0.2) is 5.78 Å². The maximum Gasteiger partial charge on any atom is 0.156 e. The lowest BCUT2D eigenvalue weighted by atomic mass is 9.62. The Labute approximate surface area is 184 Å². The fourth-order valence-corrected chi connectivity index (χ4v) is 6.56. The molecule has 31 heavy (non-hydrogen) atoms. The third-order valence-corrected chi connectivity index (χ3v) is 8.37. The topological polar surface area (TPSA) is 55.8 Å². The van der Waals surface area contributed by atoms with E-state index in [1.807, 2.05) is 18.2 Å². The van der Waals surface area contributed by atoms with E-state index in [-0.39, 0.29) is 17.8 Å². The fraction of sp³-hybridized carbons (Fsp3) is 0.519. The average Bonchev–Trinajstić information content (AvgIpc) is 2.96. The van der Waals surface area contributed by atoms with Gasteiger partial charge in [0.2, 0.25) is 0 Å². The van der Waals surface area contributed by atoms with Gasteiger partial charge in [-0.1, -0.05) is 25.0 Å². The fourth-order valence-electron chi connectivity index (χ4n) is 6.56. The number of carbonyl (C=O) groups is 1. The summed E-state index contributed by atoms with van der Waals surface area (Å²) in [4.78, 5) is 12.1. The van der Waals surface area contributed by atoms with Crippen molar-refractivity contribution in [2.45, 2.75) is 57.2 Å². The van der Waals surface area contributed by atoms with Crippen LogP contribution in [0.15, 0.2) is 47.1 Å². The molecule has 1 aliphatic heterocycles. The summed E-state index contributed by atoms with van der Waals surface area (Å²) < 4.78 is 12.0.